The van der Waals surface area contributed by atoms with Gasteiger partial charge in [0, 0.05) is 19.5 Å². The van der Waals surface area contributed by atoms with Crippen molar-refractivity contribution in [3.05, 3.63) is 47.9 Å². The van der Waals surface area contributed by atoms with Crippen LogP contribution in [0.4, 0.5) is 0 Å². The first-order valence-electron chi connectivity index (χ1n) is 8.89. The third kappa shape index (κ3) is 2.27. The molecule has 6 nitrogen and oxygen atoms in total. The van der Waals surface area contributed by atoms with Gasteiger partial charge in [0.2, 0.25) is 5.76 Å². The number of hydrogen-bond acceptors (Lipinski definition) is 4. The van der Waals surface area contributed by atoms with Crippen molar-refractivity contribution in [2.24, 2.45) is 7.05 Å². The Bertz CT molecular complexity index is 953. The summed E-state index contributed by atoms with van der Waals surface area (Å²) in [7, 11) is 2.02. The number of imidazole rings is 1. The molecule has 0 radical (unpaired) electrons. The molecule has 2 aromatic heterocycles. The lowest BCUT2D eigenvalue weighted by Gasteiger charge is -2.23. The Kier molecular flexibility index (Phi) is 3.20. The van der Waals surface area contributed by atoms with E-state index in [0.717, 1.165) is 54.8 Å². The Morgan fingerprint density at radius 1 is 1.24 bits per heavy atom. The first kappa shape index (κ1) is 14.7. The summed E-state index contributed by atoms with van der Waals surface area (Å²) < 4.78 is 7.59. The van der Waals surface area contributed by atoms with Crippen LogP contribution >= 0.6 is 0 Å². The largest absolute Gasteiger partial charge is 0.438 e. The van der Waals surface area contributed by atoms with Crippen molar-refractivity contribution in [1.29, 1.82) is 0 Å². The molecule has 128 valence electrons. The van der Waals surface area contributed by atoms with E-state index in [-0.39, 0.29) is 11.9 Å². The van der Waals surface area contributed by atoms with Crippen molar-refractivity contribution in [2.45, 2.75) is 37.6 Å². The van der Waals surface area contributed by atoms with E-state index in [1.54, 1.807) is 0 Å². The molecule has 2 fully saturated rings. The zero-order valence-electron chi connectivity index (χ0n) is 14.2. The molecule has 0 N–H and O–H groups in total. The first-order valence-corrected chi connectivity index (χ1v) is 8.89. The van der Waals surface area contributed by atoms with Gasteiger partial charge in [-0.3, -0.25) is 4.79 Å². The second-order valence-electron chi connectivity index (χ2n) is 7.02. The maximum Gasteiger partial charge on any atom is 0.292 e. The van der Waals surface area contributed by atoms with E-state index < -0.39 is 0 Å². The number of nitrogens with zero attached hydrogens (tertiary/aromatic N) is 4. The Hall–Kier alpha value is -2.63. The number of likely N-dealkylation sites (tertiary alicyclic amines) is 1. The van der Waals surface area contributed by atoms with Crippen molar-refractivity contribution in [1.82, 2.24) is 19.4 Å². The second kappa shape index (κ2) is 5.44. The fourth-order valence-electron chi connectivity index (χ4n) is 3.93. The molecule has 6 heteroatoms. The van der Waals surface area contributed by atoms with Crippen LogP contribution in [0.25, 0.3) is 11.0 Å². The summed E-state index contributed by atoms with van der Waals surface area (Å²) in [6, 6.07) is 8.08. The lowest BCUT2D eigenvalue weighted by molar-refractivity contribution is 0.0694. The number of fused-ring (bicyclic) bond motifs is 1. The summed E-state index contributed by atoms with van der Waals surface area (Å²) in [5, 5.41) is 0. The van der Waals surface area contributed by atoms with Crippen molar-refractivity contribution in [3.63, 3.8) is 0 Å². The lowest BCUT2D eigenvalue weighted by atomic mass is 10.2. The maximum atomic E-state index is 13.1. The summed E-state index contributed by atoms with van der Waals surface area (Å²) >= 11 is 0. The second-order valence-corrected chi connectivity index (χ2v) is 7.02. The summed E-state index contributed by atoms with van der Waals surface area (Å²) in [5.74, 6) is 1.72. The van der Waals surface area contributed by atoms with Gasteiger partial charge in [-0.2, -0.15) is 0 Å². The third-order valence-corrected chi connectivity index (χ3v) is 5.39. The van der Waals surface area contributed by atoms with Crippen LogP contribution in [0.2, 0.25) is 0 Å². The number of hydrogen-bond donors (Lipinski definition) is 0. The van der Waals surface area contributed by atoms with Gasteiger partial charge in [0.05, 0.1) is 22.8 Å². The quantitative estimate of drug-likeness (QED) is 0.735. The third-order valence-electron chi connectivity index (χ3n) is 5.39. The molecule has 25 heavy (non-hydrogen) atoms. The van der Waals surface area contributed by atoms with Gasteiger partial charge in [-0.25, -0.2) is 9.97 Å². The average Bonchev–Trinajstić information content (AvgIpc) is 3.07. The number of aromatic nitrogens is 3. The molecule has 3 aromatic rings. The summed E-state index contributed by atoms with van der Waals surface area (Å²) in [4.78, 5) is 24.1. The van der Waals surface area contributed by atoms with E-state index in [1.165, 1.54) is 6.39 Å². The van der Waals surface area contributed by atoms with E-state index in [4.69, 9.17) is 9.40 Å². The molecule has 0 bridgehead atoms. The highest BCUT2D eigenvalue weighted by molar-refractivity contribution is 5.93. The van der Waals surface area contributed by atoms with Crippen LogP contribution < -0.4 is 0 Å². The Balaban J connectivity index is 1.51. The molecule has 5 rings (SSSR count). The van der Waals surface area contributed by atoms with E-state index in [2.05, 4.69) is 15.6 Å². The minimum Gasteiger partial charge on any atom is -0.438 e. The Labute approximate surface area is 145 Å². The zero-order chi connectivity index (χ0) is 17.0. The van der Waals surface area contributed by atoms with Gasteiger partial charge in [0.1, 0.15) is 5.82 Å². The summed E-state index contributed by atoms with van der Waals surface area (Å²) in [6.45, 7) is 0.734. The maximum absolute atomic E-state index is 13.1. The molecular formula is C19H20N4O2. The number of aryl methyl sites for hydroxylation is 1. The van der Waals surface area contributed by atoms with Crippen molar-refractivity contribution in [3.8, 4) is 0 Å². The highest BCUT2D eigenvalue weighted by Crippen LogP contribution is 2.42. The highest BCUT2D eigenvalue weighted by Gasteiger charge is 2.38. The smallest absolute Gasteiger partial charge is 0.292 e. The number of carbonyl (C=O) groups excluding carboxylic acids is 1. The van der Waals surface area contributed by atoms with Crippen LogP contribution in [0.5, 0.6) is 0 Å². The van der Waals surface area contributed by atoms with Crippen molar-refractivity contribution < 1.29 is 9.21 Å². The van der Waals surface area contributed by atoms with E-state index in [9.17, 15) is 4.79 Å². The molecule has 2 aliphatic rings. The summed E-state index contributed by atoms with van der Waals surface area (Å²) in [5.41, 5.74) is 2.90. The number of oxazole rings is 1. The predicted molar refractivity (Wildman–Crippen MR) is 92.2 cm³/mol. The lowest BCUT2D eigenvalue weighted by Crippen LogP contribution is -2.32. The molecular weight excluding hydrogens is 316 g/mol. The molecule has 1 aliphatic heterocycles. The number of carbonyl (C=O) groups is 1. The molecule has 1 atom stereocenters. The standard InChI is InChI=1S/C19H20N4O2/c1-22-14-6-3-2-5-13(14)21-18(22)15-7-4-10-23(15)19(24)17-16(12-8-9-12)20-11-25-17/h2-3,5-6,11-12,15H,4,7-10H2,1H3. The minimum atomic E-state index is -0.0473. The first-order chi connectivity index (χ1) is 12.2. The number of amides is 1. The normalized spacial score (nSPS) is 20.5. The Morgan fingerprint density at radius 2 is 2.08 bits per heavy atom. The van der Waals surface area contributed by atoms with E-state index in [1.807, 2.05) is 30.1 Å². The van der Waals surface area contributed by atoms with Gasteiger partial charge in [-0.1, -0.05) is 12.1 Å². The van der Waals surface area contributed by atoms with E-state index >= 15 is 0 Å². The molecule has 0 spiro atoms. The van der Waals surface area contributed by atoms with Gasteiger partial charge in [0.15, 0.2) is 6.39 Å². The van der Waals surface area contributed by atoms with Gasteiger partial charge < -0.3 is 13.9 Å². The van der Waals surface area contributed by atoms with Gasteiger partial charge in [-0.15, -0.1) is 0 Å². The predicted octanol–water partition coefficient (Wildman–Crippen LogP) is 3.42. The fraction of sp³-hybridized carbons (Fsp3) is 0.421. The molecule has 1 amide bonds. The molecule has 1 saturated carbocycles. The van der Waals surface area contributed by atoms with E-state index in [0.29, 0.717) is 11.7 Å². The Morgan fingerprint density at radius 3 is 2.88 bits per heavy atom. The highest BCUT2D eigenvalue weighted by atomic mass is 16.3. The zero-order valence-corrected chi connectivity index (χ0v) is 14.2. The van der Waals surface area contributed by atoms with Crippen LogP contribution in [0.1, 0.15) is 59.7 Å². The van der Waals surface area contributed by atoms with Crippen molar-refractivity contribution in [2.75, 3.05) is 6.54 Å². The average molecular weight is 336 g/mol. The topological polar surface area (TPSA) is 64.2 Å². The molecule has 3 heterocycles. The molecule has 1 aromatic carbocycles. The van der Waals surface area contributed by atoms with Crippen LogP contribution in [0.3, 0.4) is 0 Å². The van der Waals surface area contributed by atoms with Gasteiger partial charge in [-0.05, 0) is 37.8 Å². The number of para-hydroxylation sites is 2. The van der Waals surface area contributed by atoms with Crippen LogP contribution in [-0.2, 0) is 7.05 Å². The monoisotopic (exact) mass is 336 g/mol. The van der Waals surface area contributed by atoms with Gasteiger partial charge >= 0.3 is 0 Å². The minimum absolute atomic E-state index is 0.0120. The molecule has 1 aliphatic carbocycles. The van der Waals surface area contributed by atoms with Gasteiger partial charge in [0.25, 0.3) is 5.91 Å². The van der Waals surface area contributed by atoms with Crippen LogP contribution in [0.15, 0.2) is 35.1 Å². The SMILES string of the molecule is Cn1c(C2CCCN2C(=O)c2ocnc2C2CC2)nc2ccccc21. The number of benzene rings is 1. The summed E-state index contributed by atoms with van der Waals surface area (Å²) in [6.07, 6.45) is 5.51. The van der Waals surface area contributed by atoms with Crippen LogP contribution in [-0.4, -0.2) is 31.9 Å². The van der Waals surface area contributed by atoms with Crippen molar-refractivity contribution >= 4 is 16.9 Å². The molecule has 1 unspecified atom stereocenters. The van der Waals surface area contributed by atoms with Crippen LogP contribution in [0, 0.1) is 0 Å². The number of rotatable bonds is 3. The fourth-order valence-corrected chi connectivity index (χ4v) is 3.93. The molecule has 1 saturated heterocycles.